The van der Waals surface area contributed by atoms with E-state index in [4.69, 9.17) is 9.47 Å². The highest BCUT2D eigenvalue weighted by molar-refractivity contribution is 5.82. The molecule has 4 nitrogen and oxygen atoms in total. The number of carbonyl (C=O) groups excluding carboxylic acids is 1. The monoisotopic (exact) mass is 590 g/mol. The summed E-state index contributed by atoms with van der Waals surface area (Å²) in [6.07, 6.45) is 25.0. The molecule has 10 unspecified atom stereocenters. The van der Waals surface area contributed by atoms with Crippen LogP contribution in [0.1, 0.15) is 112 Å². The lowest BCUT2D eigenvalue weighted by atomic mass is 9.44. The molecule has 1 N–H and O–H groups in total. The van der Waals surface area contributed by atoms with E-state index in [2.05, 4.69) is 47.6 Å². The van der Waals surface area contributed by atoms with Crippen LogP contribution >= 0.6 is 0 Å². The van der Waals surface area contributed by atoms with Gasteiger partial charge >= 0.3 is 5.97 Å². The van der Waals surface area contributed by atoms with Crippen molar-refractivity contribution < 1.29 is 19.4 Å². The third-order valence-electron chi connectivity index (χ3n) is 12.9. The fraction of sp³-hybridized carbons (Fsp3) is 0.718. The summed E-state index contributed by atoms with van der Waals surface area (Å²) in [5.74, 6) is 5.70. The van der Waals surface area contributed by atoms with Crippen LogP contribution in [-0.4, -0.2) is 24.3 Å². The highest BCUT2D eigenvalue weighted by atomic mass is 16.5. The van der Waals surface area contributed by atoms with Crippen molar-refractivity contribution in [2.24, 2.45) is 52.3 Å². The molecule has 0 heterocycles. The molecular formula is C39H58O4. The number of aliphatic hydroxyl groups excluding tert-OH is 1. The molecule has 6 rings (SSSR count). The maximum atomic E-state index is 12.8. The minimum Gasteiger partial charge on any atom is -0.504 e. The standard InChI is InChI=1S/C32H44O4.C7H14/c1-19-16-25-23(13-15-32-18-22(32)12-14-31(25,32)3)24-9-10-27(20(2)30(19)24)36-29(34)11-8-21-6-5-7-26(33)28(17-21)35-4;1-4-5-6-7(2)3/h5,7-8,11,17,19-20,22-25,27,30,33H,6,9-10,12-16,18H2,1-4H3;6H,4-5H2,1-3H3/b11-8+;. The predicted octanol–water partition coefficient (Wildman–Crippen LogP) is 10.0. The van der Waals surface area contributed by atoms with E-state index in [0.29, 0.717) is 40.8 Å². The first-order valence-corrected chi connectivity index (χ1v) is 17.4. The number of esters is 1. The van der Waals surface area contributed by atoms with Gasteiger partial charge in [0.2, 0.25) is 0 Å². The number of unbranched alkanes of at least 4 members (excludes halogenated alkanes) is 1. The van der Waals surface area contributed by atoms with E-state index in [0.717, 1.165) is 35.7 Å². The van der Waals surface area contributed by atoms with Gasteiger partial charge in [-0.3, -0.25) is 0 Å². The highest BCUT2D eigenvalue weighted by Crippen LogP contribution is 2.81. The minimum absolute atomic E-state index is 0.00805. The molecule has 5 fully saturated rings. The third-order valence-corrected chi connectivity index (χ3v) is 12.9. The molecule has 0 aromatic rings. The second-order valence-corrected chi connectivity index (χ2v) is 15.4. The number of carbonyl (C=O) groups is 1. The zero-order chi connectivity index (χ0) is 30.9. The maximum Gasteiger partial charge on any atom is 0.331 e. The van der Waals surface area contributed by atoms with Gasteiger partial charge in [-0.05, 0) is 148 Å². The number of hydrogen-bond acceptors (Lipinski definition) is 4. The van der Waals surface area contributed by atoms with Crippen LogP contribution in [0, 0.1) is 52.3 Å². The lowest BCUT2D eigenvalue weighted by Crippen LogP contribution is -2.55. The zero-order valence-electron chi connectivity index (χ0n) is 28.0. The molecule has 0 amide bonds. The van der Waals surface area contributed by atoms with Gasteiger partial charge in [0.05, 0.1) is 7.11 Å². The quantitative estimate of drug-likeness (QED) is 0.190. The lowest BCUT2D eigenvalue weighted by molar-refractivity contribution is -0.163. The fourth-order valence-electron chi connectivity index (χ4n) is 10.8. The molecule has 10 atom stereocenters. The fourth-order valence-corrected chi connectivity index (χ4v) is 10.8. The maximum absolute atomic E-state index is 12.8. The Morgan fingerprint density at radius 2 is 1.91 bits per heavy atom. The van der Waals surface area contributed by atoms with Crippen molar-refractivity contribution in [3.8, 4) is 0 Å². The molecule has 0 bridgehead atoms. The molecule has 0 aromatic carbocycles. The highest BCUT2D eigenvalue weighted by Gasteiger charge is 2.73. The summed E-state index contributed by atoms with van der Waals surface area (Å²) in [7, 11) is 1.53. The molecule has 43 heavy (non-hydrogen) atoms. The van der Waals surface area contributed by atoms with Gasteiger partial charge in [0.25, 0.3) is 0 Å². The Morgan fingerprint density at radius 3 is 2.58 bits per heavy atom. The summed E-state index contributed by atoms with van der Waals surface area (Å²) in [5, 5.41) is 9.96. The van der Waals surface area contributed by atoms with E-state index in [1.165, 1.54) is 70.5 Å². The van der Waals surface area contributed by atoms with Crippen molar-refractivity contribution in [1.82, 2.24) is 0 Å². The summed E-state index contributed by atoms with van der Waals surface area (Å²) in [5.41, 5.74) is 3.64. The molecule has 5 saturated carbocycles. The Bertz CT molecular complexity index is 1180. The number of ether oxygens (including phenoxy) is 2. The van der Waals surface area contributed by atoms with Crippen LogP contribution in [0.3, 0.4) is 0 Å². The summed E-state index contributed by atoms with van der Waals surface area (Å²) in [6, 6.07) is 0. The molecular weight excluding hydrogens is 532 g/mol. The second kappa shape index (κ2) is 13.0. The van der Waals surface area contributed by atoms with Gasteiger partial charge < -0.3 is 14.6 Å². The number of methoxy groups -OCH3 is 1. The first kappa shape index (κ1) is 32.2. The number of allylic oxidation sites excluding steroid dienone is 7. The number of fused-ring (bicyclic) bond motifs is 4. The van der Waals surface area contributed by atoms with Gasteiger partial charge in [0.1, 0.15) is 6.10 Å². The Hall–Kier alpha value is -2.23. The Balaban J connectivity index is 0.000000472. The molecule has 0 aliphatic heterocycles. The van der Waals surface area contributed by atoms with E-state index in [1.807, 2.05) is 6.08 Å². The smallest absolute Gasteiger partial charge is 0.331 e. The van der Waals surface area contributed by atoms with Gasteiger partial charge in [-0.2, -0.15) is 0 Å². The topological polar surface area (TPSA) is 55.8 Å². The van der Waals surface area contributed by atoms with Crippen molar-refractivity contribution in [2.75, 3.05) is 7.11 Å². The molecule has 238 valence electrons. The zero-order valence-corrected chi connectivity index (χ0v) is 28.0. The van der Waals surface area contributed by atoms with Crippen LogP contribution in [0.2, 0.25) is 0 Å². The molecule has 4 heteroatoms. The SMILES string of the molecule is CCCC=C(C)C.COC1=C(O)C=CCC(/C=C/C(=O)OC2CCC3C4CCC56CC5CCC6(C)C4CC(C)C3C2C)=C1. The molecule has 6 aliphatic carbocycles. The number of aliphatic hydroxyl groups is 1. The van der Waals surface area contributed by atoms with Gasteiger partial charge in [0.15, 0.2) is 11.5 Å². The molecule has 0 saturated heterocycles. The summed E-state index contributed by atoms with van der Waals surface area (Å²) < 4.78 is 11.3. The molecule has 0 radical (unpaired) electrons. The van der Waals surface area contributed by atoms with E-state index in [-0.39, 0.29) is 17.8 Å². The van der Waals surface area contributed by atoms with Gasteiger partial charge in [-0.1, -0.05) is 57.9 Å². The van der Waals surface area contributed by atoms with Crippen LogP contribution in [-0.2, 0) is 14.3 Å². The summed E-state index contributed by atoms with van der Waals surface area (Å²) in [6.45, 7) is 14.0. The lowest BCUT2D eigenvalue weighted by Gasteiger charge is -2.61. The molecule has 1 spiro atoms. The summed E-state index contributed by atoms with van der Waals surface area (Å²) in [4.78, 5) is 12.8. The summed E-state index contributed by atoms with van der Waals surface area (Å²) >= 11 is 0. The van der Waals surface area contributed by atoms with Gasteiger partial charge in [0, 0.05) is 6.08 Å². The van der Waals surface area contributed by atoms with Crippen molar-refractivity contribution in [1.29, 1.82) is 0 Å². The average Bonchev–Trinajstić information content (AvgIpc) is 3.66. The Morgan fingerprint density at radius 1 is 1.12 bits per heavy atom. The van der Waals surface area contributed by atoms with E-state index >= 15 is 0 Å². The van der Waals surface area contributed by atoms with Crippen LogP contribution in [0.25, 0.3) is 0 Å². The van der Waals surface area contributed by atoms with Crippen LogP contribution in [0.4, 0.5) is 0 Å². The van der Waals surface area contributed by atoms with Crippen molar-refractivity contribution in [2.45, 2.75) is 118 Å². The van der Waals surface area contributed by atoms with E-state index < -0.39 is 0 Å². The number of rotatable bonds is 6. The van der Waals surface area contributed by atoms with E-state index in [9.17, 15) is 9.90 Å². The van der Waals surface area contributed by atoms with Gasteiger partial charge in [-0.15, -0.1) is 0 Å². The predicted molar refractivity (Wildman–Crippen MR) is 175 cm³/mol. The van der Waals surface area contributed by atoms with Crippen molar-refractivity contribution in [3.05, 3.63) is 59.1 Å². The average molecular weight is 591 g/mol. The normalized spacial score (nSPS) is 41.0. The largest absolute Gasteiger partial charge is 0.504 e. The first-order chi connectivity index (χ1) is 20.5. The van der Waals surface area contributed by atoms with Gasteiger partial charge in [-0.25, -0.2) is 4.79 Å². The van der Waals surface area contributed by atoms with Crippen LogP contribution in [0.5, 0.6) is 0 Å². The van der Waals surface area contributed by atoms with Crippen molar-refractivity contribution >= 4 is 5.97 Å². The molecule has 6 aliphatic rings. The first-order valence-electron chi connectivity index (χ1n) is 17.4. The molecule has 0 aromatic heterocycles. The minimum atomic E-state index is -0.259. The Kier molecular flexibility index (Phi) is 9.74. The number of hydrogen-bond donors (Lipinski definition) is 1. The van der Waals surface area contributed by atoms with Crippen molar-refractivity contribution in [3.63, 3.8) is 0 Å². The second-order valence-electron chi connectivity index (χ2n) is 15.4. The Labute approximate surface area is 261 Å². The van der Waals surface area contributed by atoms with Crippen LogP contribution in [0.15, 0.2) is 59.1 Å². The van der Waals surface area contributed by atoms with E-state index in [1.54, 1.807) is 24.3 Å². The van der Waals surface area contributed by atoms with Crippen LogP contribution < -0.4 is 0 Å². The third kappa shape index (κ3) is 6.19.